The first kappa shape index (κ1) is 22.7. The first-order chi connectivity index (χ1) is 17.0. The van der Waals surface area contributed by atoms with Crippen LogP contribution in [0.25, 0.3) is 0 Å². The van der Waals surface area contributed by atoms with Gasteiger partial charge in [0.1, 0.15) is 29.1 Å². The maximum absolute atomic E-state index is 14.2. The molecule has 2 aliphatic heterocycles. The van der Waals surface area contributed by atoms with Gasteiger partial charge in [0.2, 0.25) is 11.9 Å². The third-order valence-electron chi connectivity index (χ3n) is 6.23. The standard InChI is InChI=1S/C25H24F2N6O2/c26-18-6-3-7-19(27)16(18)13-29-22-17(23(34)31-20-8-4-11-28-24(20)35)14-30-25(32-22)33-12-10-15-5-1-2-9-21(15)33/h1-3,5-7,9,14,20H,4,8,10-13H2,(H,28,35)(H,31,34)(H,29,30,32). The molecule has 1 unspecified atom stereocenters. The second-order valence-corrected chi connectivity index (χ2v) is 8.48. The highest BCUT2D eigenvalue weighted by molar-refractivity contribution is 6.01. The minimum Gasteiger partial charge on any atom is -0.365 e. The number of carbonyl (C=O) groups is 2. The van der Waals surface area contributed by atoms with Gasteiger partial charge in [-0.05, 0) is 43.0 Å². The Hall–Kier alpha value is -4.08. The fourth-order valence-corrected chi connectivity index (χ4v) is 4.37. The van der Waals surface area contributed by atoms with E-state index in [4.69, 9.17) is 0 Å². The van der Waals surface area contributed by atoms with Crippen LogP contribution < -0.4 is 20.9 Å². The maximum Gasteiger partial charge on any atom is 0.257 e. The van der Waals surface area contributed by atoms with Crippen molar-refractivity contribution in [3.8, 4) is 0 Å². The Morgan fingerprint density at radius 1 is 1.14 bits per heavy atom. The first-order valence-corrected chi connectivity index (χ1v) is 11.5. The molecule has 2 amide bonds. The molecule has 1 aromatic heterocycles. The van der Waals surface area contributed by atoms with Gasteiger partial charge in [-0.1, -0.05) is 24.3 Å². The predicted octanol–water partition coefficient (Wildman–Crippen LogP) is 3.07. The van der Waals surface area contributed by atoms with Crippen molar-refractivity contribution in [2.75, 3.05) is 23.3 Å². The van der Waals surface area contributed by atoms with Crippen molar-refractivity contribution in [1.82, 2.24) is 20.6 Å². The van der Waals surface area contributed by atoms with Crippen molar-refractivity contribution in [3.63, 3.8) is 0 Å². The highest BCUT2D eigenvalue weighted by atomic mass is 19.1. The Bertz CT molecular complexity index is 1260. The van der Waals surface area contributed by atoms with Gasteiger partial charge >= 0.3 is 0 Å². The fourth-order valence-electron chi connectivity index (χ4n) is 4.37. The minimum atomic E-state index is -0.704. The smallest absolute Gasteiger partial charge is 0.257 e. The summed E-state index contributed by atoms with van der Waals surface area (Å²) in [6.45, 7) is 1.01. The zero-order valence-electron chi connectivity index (χ0n) is 18.9. The molecule has 2 aliphatic rings. The van der Waals surface area contributed by atoms with E-state index in [1.807, 2.05) is 29.2 Å². The van der Waals surface area contributed by atoms with Crippen molar-refractivity contribution in [3.05, 3.63) is 77.0 Å². The molecule has 0 radical (unpaired) electrons. The average molecular weight is 479 g/mol. The average Bonchev–Trinajstić information content (AvgIpc) is 3.29. The number of amides is 2. The van der Waals surface area contributed by atoms with E-state index in [0.717, 1.165) is 24.1 Å². The SMILES string of the molecule is O=C(NC1CCCNC1=O)c1cnc(N2CCc3ccccc32)nc1NCc1c(F)cccc1F. The van der Waals surface area contributed by atoms with Crippen molar-refractivity contribution >= 4 is 29.3 Å². The highest BCUT2D eigenvalue weighted by Crippen LogP contribution is 2.33. The fraction of sp³-hybridized carbons (Fsp3) is 0.280. The van der Waals surface area contributed by atoms with Crippen molar-refractivity contribution in [1.29, 1.82) is 0 Å². The molecule has 10 heteroatoms. The van der Waals surface area contributed by atoms with Crippen molar-refractivity contribution in [2.24, 2.45) is 0 Å². The lowest BCUT2D eigenvalue weighted by Crippen LogP contribution is -2.50. The number of nitrogens with zero attached hydrogens (tertiary/aromatic N) is 3. The molecule has 3 heterocycles. The molecule has 5 rings (SSSR count). The normalized spacial score (nSPS) is 17.0. The molecule has 3 aromatic rings. The van der Waals surface area contributed by atoms with E-state index >= 15 is 0 Å². The van der Waals surface area contributed by atoms with Gasteiger partial charge in [0.15, 0.2) is 0 Å². The van der Waals surface area contributed by atoms with Crippen LogP contribution in [0.1, 0.15) is 34.3 Å². The summed E-state index contributed by atoms with van der Waals surface area (Å²) in [7, 11) is 0. The largest absolute Gasteiger partial charge is 0.365 e. The molecular weight excluding hydrogens is 454 g/mol. The third kappa shape index (κ3) is 4.64. The topological polar surface area (TPSA) is 99.2 Å². The predicted molar refractivity (Wildman–Crippen MR) is 126 cm³/mol. The van der Waals surface area contributed by atoms with Gasteiger partial charge in [-0.3, -0.25) is 9.59 Å². The number of nitrogens with one attached hydrogen (secondary N) is 3. The quantitative estimate of drug-likeness (QED) is 0.504. The van der Waals surface area contributed by atoms with Crippen LogP contribution in [-0.4, -0.2) is 40.9 Å². The molecule has 8 nitrogen and oxygen atoms in total. The van der Waals surface area contributed by atoms with Crippen molar-refractivity contribution < 1.29 is 18.4 Å². The zero-order chi connectivity index (χ0) is 24.4. The van der Waals surface area contributed by atoms with Gasteiger partial charge in [-0.15, -0.1) is 0 Å². The molecule has 0 aliphatic carbocycles. The number of anilines is 3. The number of benzene rings is 2. The molecule has 1 atom stereocenters. The Kier molecular flexibility index (Phi) is 6.26. The second-order valence-electron chi connectivity index (χ2n) is 8.48. The maximum atomic E-state index is 14.2. The number of rotatable bonds is 6. The highest BCUT2D eigenvalue weighted by Gasteiger charge is 2.27. The molecule has 1 fully saturated rings. The number of piperidine rings is 1. The molecule has 3 N–H and O–H groups in total. The lowest BCUT2D eigenvalue weighted by molar-refractivity contribution is -0.124. The van der Waals surface area contributed by atoms with Gasteiger partial charge in [0, 0.05) is 37.1 Å². The number of para-hydroxylation sites is 1. The van der Waals surface area contributed by atoms with Crippen LogP contribution in [0.15, 0.2) is 48.7 Å². The first-order valence-electron chi connectivity index (χ1n) is 11.5. The molecular formula is C25H24F2N6O2. The summed E-state index contributed by atoms with van der Waals surface area (Å²) in [4.78, 5) is 36.1. The lowest BCUT2D eigenvalue weighted by Gasteiger charge is -2.23. The zero-order valence-corrected chi connectivity index (χ0v) is 18.9. The van der Waals surface area contributed by atoms with Crippen LogP contribution in [0.2, 0.25) is 0 Å². The number of hydrogen-bond donors (Lipinski definition) is 3. The van der Waals surface area contributed by atoms with E-state index in [-0.39, 0.29) is 29.4 Å². The monoisotopic (exact) mass is 478 g/mol. The lowest BCUT2D eigenvalue weighted by atomic mass is 10.1. The molecule has 0 spiro atoms. The summed E-state index contributed by atoms with van der Waals surface area (Å²) in [5.74, 6) is -1.72. The number of aromatic nitrogens is 2. The second kappa shape index (κ2) is 9.65. The van der Waals surface area contributed by atoms with Crippen LogP contribution >= 0.6 is 0 Å². The number of halogens is 2. The van der Waals surface area contributed by atoms with Gasteiger partial charge < -0.3 is 20.9 Å². The number of carbonyl (C=O) groups excluding carboxylic acids is 2. The third-order valence-corrected chi connectivity index (χ3v) is 6.23. The Balaban J connectivity index is 1.46. The number of fused-ring (bicyclic) bond motifs is 1. The molecule has 0 saturated carbocycles. The summed E-state index contributed by atoms with van der Waals surface area (Å²) in [5, 5.41) is 8.36. The molecule has 2 aromatic carbocycles. The van der Waals surface area contributed by atoms with E-state index in [1.165, 1.54) is 24.4 Å². The molecule has 0 bridgehead atoms. The summed E-state index contributed by atoms with van der Waals surface area (Å²) >= 11 is 0. The summed E-state index contributed by atoms with van der Waals surface area (Å²) in [5.41, 5.74) is 2.03. The summed E-state index contributed by atoms with van der Waals surface area (Å²) in [6.07, 6.45) is 3.46. The Morgan fingerprint density at radius 3 is 2.74 bits per heavy atom. The van der Waals surface area contributed by atoms with Gasteiger partial charge in [0.25, 0.3) is 5.91 Å². The van der Waals surface area contributed by atoms with Gasteiger partial charge in [-0.25, -0.2) is 13.8 Å². The van der Waals surface area contributed by atoms with Gasteiger partial charge in [0.05, 0.1) is 0 Å². The van der Waals surface area contributed by atoms with E-state index in [9.17, 15) is 18.4 Å². The summed E-state index contributed by atoms with van der Waals surface area (Å²) < 4.78 is 28.4. The Morgan fingerprint density at radius 2 is 1.94 bits per heavy atom. The van der Waals surface area contributed by atoms with Crippen LogP contribution in [0.4, 0.5) is 26.2 Å². The van der Waals surface area contributed by atoms with Crippen molar-refractivity contribution in [2.45, 2.75) is 31.8 Å². The van der Waals surface area contributed by atoms with E-state index < -0.39 is 23.6 Å². The minimum absolute atomic E-state index is 0.0800. The van der Waals surface area contributed by atoms with E-state index in [1.54, 1.807) is 0 Å². The van der Waals surface area contributed by atoms with Gasteiger partial charge in [-0.2, -0.15) is 4.98 Å². The van der Waals surface area contributed by atoms with E-state index in [2.05, 4.69) is 25.9 Å². The van der Waals surface area contributed by atoms with Crippen LogP contribution in [0, 0.1) is 11.6 Å². The Labute approximate surface area is 200 Å². The van der Waals surface area contributed by atoms with Crippen LogP contribution in [-0.2, 0) is 17.8 Å². The molecule has 180 valence electrons. The van der Waals surface area contributed by atoms with Crippen LogP contribution in [0.5, 0.6) is 0 Å². The van der Waals surface area contributed by atoms with E-state index in [0.29, 0.717) is 25.5 Å². The van der Waals surface area contributed by atoms with Crippen LogP contribution in [0.3, 0.4) is 0 Å². The summed E-state index contributed by atoms with van der Waals surface area (Å²) in [6, 6.07) is 10.8. The molecule has 1 saturated heterocycles. The molecule has 35 heavy (non-hydrogen) atoms. The number of hydrogen-bond acceptors (Lipinski definition) is 6.